The number of anilines is 1. The minimum Gasteiger partial charge on any atom is -0.487 e. The molecule has 35 heavy (non-hydrogen) atoms. The summed E-state index contributed by atoms with van der Waals surface area (Å²) in [5.41, 5.74) is 7.88. The standard InChI is InChI=1S/C21H26ClFN5O5PS/c1-10(2)25-18-8-13(5-11(3)26-18)20-27-28-21(35-20)14-6-15(22)19(16(23)7-14)32-9-17(24)12(4)33-34(29,30)31/h5-8,10,12,17H,9,24H2,1-4H3,(H,25,26)(H2,29,30,31)/t12-,17+/m1/s1. The lowest BCUT2D eigenvalue weighted by Gasteiger charge is -2.21. The third kappa shape index (κ3) is 7.65. The molecule has 0 aliphatic heterocycles. The molecule has 14 heteroatoms. The zero-order valence-corrected chi connectivity index (χ0v) is 21.9. The molecule has 0 fully saturated rings. The second-order valence-corrected chi connectivity index (χ2v) is 10.7. The van der Waals surface area contributed by atoms with Crippen LogP contribution in [-0.4, -0.2) is 49.8 Å². The van der Waals surface area contributed by atoms with E-state index in [1.807, 2.05) is 32.9 Å². The topological polar surface area (TPSA) is 153 Å². The molecule has 0 radical (unpaired) electrons. The Hall–Kier alpha value is -2.18. The summed E-state index contributed by atoms with van der Waals surface area (Å²) in [6.07, 6.45) is -1.04. The van der Waals surface area contributed by atoms with E-state index in [-0.39, 0.29) is 23.4 Å². The molecule has 3 aromatic rings. The number of rotatable bonds is 10. The first-order valence-electron chi connectivity index (χ1n) is 10.5. The maximum atomic E-state index is 14.8. The summed E-state index contributed by atoms with van der Waals surface area (Å²) in [5.74, 6) is -0.266. The van der Waals surface area contributed by atoms with Crippen molar-refractivity contribution in [2.45, 2.75) is 45.9 Å². The van der Waals surface area contributed by atoms with Crippen LogP contribution in [0.2, 0.25) is 5.02 Å². The van der Waals surface area contributed by atoms with Crippen molar-refractivity contribution in [1.29, 1.82) is 0 Å². The van der Waals surface area contributed by atoms with Crippen LogP contribution >= 0.6 is 30.8 Å². The molecule has 190 valence electrons. The minimum atomic E-state index is -4.72. The Morgan fingerprint density at radius 2 is 1.80 bits per heavy atom. The lowest BCUT2D eigenvalue weighted by molar-refractivity contribution is 0.107. The van der Waals surface area contributed by atoms with Gasteiger partial charge in [-0.15, -0.1) is 10.2 Å². The fraction of sp³-hybridized carbons (Fsp3) is 0.381. The van der Waals surface area contributed by atoms with Crippen molar-refractivity contribution in [3.8, 4) is 26.9 Å². The van der Waals surface area contributed by atoms with Gasteiger partial charge in [-0.2, -0.15) is 0 Å². The van der Waals surface area contributed by atoms with Crippen LogP contribution in [0.25, 0.3) is 21.1 Å². The molecule has 2 aromatic heterocycles. The Bertz CT molecular complexity index is 1220. The Labute approximate surface area is 210 Å². The number of nitrogens with one attached hydrogen (secondary N) is 1. The molecule has 0 spiro atoms. The van der Waals surface area contributed by atoms with E-state index in [1.165, 1.54) is 30.4 Å². The van der Waals surface area contributed by atoms with Crippen molar-refractivity contribution in [3.63, 3.8) is 0 Å². The van der Waals surface area contributed by atoms with Crippen LogP contribution in [0.4, 0.5) is 10.2 Å². The number of aryl methyl sites for hydroxylation is 1. The number of phosphoric ester groups is 1. The normalized spacial score (nSPS) is 13.7. The second kappa shape index (κ2) is 11.3. The molecule has 3 rings (SSSR count). The number of nitrogens with two attached hydrogens (primary N) is 1. The van der Waals surface area contributed by atoms with Crippen molar-refractivity contribution in [2.75, 3.05) is 11.9 Å². The van der Waals surface area contributed by atoms with Crippen molar-refractivity contribution < 1.29 is 28.0 Å². The zero-order chi connectivity index (χ0) is 25.9. The average Bonchev–Trinajstić information content (AvgIpc) is 3.21. The fourth-order valence-corrected chi connectivity index (χ4v) is 4.72. The van der Waals surface area contributed by atoms with E-state index < -0.39 is 25.8 Å². The highest BCUT2D eigenvalue weighted by atomic mass is 35.5. The van der Waals surface area contributed by atoms with Crippen LogP contribution in [0.3, 0.4) is 0 Å². The van der Waals surface area contributed by atoms with Gasteiger partial charge in [0.05, 0.1) is 17.2 Å². The van der Waals surface area contributed by atoms with E-state index >= 15 is 0 Å². The molecule has 2 heterocycles. The molecule has 5 N–H and O–H groups in total. The summed E-state index contributed by atoms with van der Waals surface area (Å²) in [5, 5.41) is 12.8. The molecule has 0 aliphatic rings. The molecule has 0 unspecified atom stereocenters. The van der Waals surface area contributed by atoms with Gasteiger partial charge < -0.3 is 25.6 Å². The number of pyridine rings is 1. The number of ether oxygens (including phenoxy) is 1. The number of hydrogen-bond acceptors (Lipinski definition) is 9. The van der Waals surface area contributed by atoms with Gasteiger partial charge in [0, 0.05) is 22.9 Å². The van der Waals surface area contributed by atoms with E-state index in [9.17, 15) is 8.96 Å². The smallest absolute Gasteiger partial charge is 0.469 e. The van der Waals surface area contributed by atoms with Crippen LogP contribution in [0.1, 0.15) is 26.5 Å². The van der Waals surface area contributed by atoms with Crippen LogP contribution < -0.4 is 15.8 Å². The molecule has 0 bridgehead atoms. The van der Waals surface area contributed by atoms with E-state index in [2.05, 4.69) is 25.0 Å². The number of aromatic nitrogens is 3. The number of phosphoric acid groups is 1. The van der Waals surface area contributed by atoms with Crippen molar-refractivity contribution in [1.82, 2.24) is 15.2 Å². The quantitative estimate of drug-likeness (QED) is 0.270. The maximum absolute atomic E-state index is 14.8. The molecule has 10 nitrogen and oxygen atoms in total. The Kier molecular flexibility index (Phi) is 8.81. The lowest BCUT2D eigenvalue weighted by atomic mass is 10.2. The fourth-order valence-electron chi connectivity index (χ4n) is 3.05. The van der Waals surface area contributed by atoms with Crippen LogP contribution in [-0.2, 0) is 9.09 Å². The van der Waals surface area contributed by atoms with Gasteiger partial charge in [-0.1, -0.05) is 22.9 Å². The predicted molar refractivity (Wildman–Crippen MR) is 133 cm³/mol. The van der Waals surface area contributed by atoms with E-state index in [0.717, 1.165) is 17.1 Å². The highest BCUT2D eigenvalue weighted by molar-refractivity contribution is 7.46. The molecular formula is C21H26ClFN5O5PS. The minimum absolute atomic E-state index is 0.0179. The lowest BCUT2D eigenvalue weighted by Crippen LogP contribution is -2.39. The highest BCUT2D eigenvalue weighted by Gasteiger charge is 2.25. The van der Waals surface area contributed by atoms with E-state index in [4.69, 9.17) is 31.9 Å². The summed E-state index contributed by atoms with van der Waals surface area (Å²) in [6, 6.07) is 5.75. The van der Waals surface area contributed by atoms with Gasteiger partial charge in [0.25, 0.3) is 0 Å². The van der Waals surface area contributed by atoms with Gasteiger partial charge in [0.1, 0.15) is 22.4 Å². The summed E-state index contributed by atoms with van der Waals surface area (Å²) in [6.45, 7) is 7.00. The molecule has 0 saturated heterocycles. The Balaban J connectivity index is 1.77. The number of halogens is 2. The number of nitrogens with zero attached hydrogens (tertiary/aromatic N) is 3. The van der Waals surface area contributed by atoms with E-state index in [0.29, 0.717) is 15.6 Å². The Morgan fingerprint density at radius 3 is 2.37 bits per heavy atom. The number of hydrogen-bond donors (Lipinski definition) is 4. The van der Waals surface area contributed by atoms with Gasteiger partial charge in [0.15, 0.2) is 11.6 Å². The monoisotopic (exact) mass is 545 g/mol. The predicted octanol–water partition coefficient (Wildman–Crippen LogP) is 4.39. The van der Waals surface area contributed by atoms with Crippen molar-refractivity contribution in [2.24, 2.45) is 5.73 Å². The van der Waals surface area contributed by atoms with Crippen molar-refractivity contribution >= 4 is 36.6 Å². The highest BCUT2D eigenvalue weighted by Crippen LogP contribution is 2.39. The van der Waals surface area contributed by atoms with Gasteiger partial charge in [-0.25, -0.2) is 13.9 Å². The van der Waals surface area contributed by atoms with Gasteiger partial charge >= 0.3 is 7.82 Å². The molecule has 0 amide bonds. The SMILES string of the molecule is Cc1cc(-c2nnc(-c3cc(F)c(OC[C@H](N)[C@@H](C)OP(=O)(O)O)c(Cl)c3)s2)cc(NC(C)C)n1. The van der Waals surface area contributed by atoms with Crippen molar-refractivity contribution in [3.05, 3.63) is 40.8 Å². The van der Waals surface area contributed by atoms with Crippen LogP contribution in [0, 0.1) is 12.7 Å². The second-order valence-electron chi connectivity index (χ2n) is 8.14. The average molecular weight is 546 g/mol. The first-order valence-corrected chi connectivity index (χ1v) is 13.3. The van der Waals surface area contributed by atoms with Crippen LogP contribution in [0.5, 0.6) is 5.75 Å². The summed E-state index contributed by atoms with van der Waals surface area (Å²) in [7, 11) is -4.72. The third-order valence-corrected chi connectivity index (χ3v) is 6.54. The molecule has 1 aromatic carbocycles. The zero-order valence-electron chi connectivity index (χ0n) is 19.4. The summed E-state index contributed by atoms with van der Waals surface area (Å²) >= 11 is 7.52. The summed E-state index contributed by atoms with van der Waals surface area (Å²) in [4.78, 5) is 22.2. The Morgan fingerprint density at radius 1 is 1.17 bits per heavy atom. The first-order chi connectivity index (χ1) is 16.3. The first kappa shape index (κ1) is 27.4. The van der Waals surface area contributed by atoms with Crippen LogP contribution in [0.15, 0.2) is 24.3 Å². The number of benzene rings is 1. The van der Waals surface area contributed by atoms with Gasteiger partial charge in [0.2, 0.25) is 0 Å². The van der Waals surface area contributed by atoms with Gasteiger partial charge in [-0.05, 0) is 52.0 Å². The maximum Gasteiger partial charge on any atom is 0.469 e. The molecule has 2 atom stereocenters. The molecule has 0 aliphatic carbocycles. The summed E-state index contributed by atoms with van der Waals surface area (Å²) < 4.78 is 35.6. The third-order valence-electron chi connectivity index (χ3n) is 4.63. The molecular weight excluding hydrogens is 520 g/mol. The molecule has 0 saturated carbocycles. The largest absolute Gasteiger partial charge is 0.487 e. The van der Waals surface area contributed by atoms with E-state index in [1.54, 1.807) is 0 Å². The van der Waals surface area contributed by atoms with Gasteiger partial charge in [-0.3, -0.25) is 4.52 Å².